The highest BCUT2D eigenvalue weighted by molar-refractivity contribution is 5.84. The summed E-state index contributed by atoms with van der Waals surface area (Å²) in [7, 11) is 0. The highest BCUT2D eigenvalue weighted by Gasteiger charge is 2.22. The number of carbonyl (C=O) groups excluding carboxylic acids is 2. The van der Waals surface area contributed by atoms with Gasteiger partial charge >= 0.3 is 5.97 Å². The third-order valence-electron chi connectivity index (χ3n) is 3.61. The van der Waals surface area contributed by atoms with Gasteiger partial charge in [-0.05, 0) is 38.2 Å². The van der Waals surface area contributed by atoms with Crippen LogP contribution < -0.4 is 5.32 Å². The first-order chi connectivity index (χ1) is 11.4. The molecule has 0 saturated heterocycles. The number of amides is 1. The number of rotatable bonds is 10. The van der Waals surface area contributed by atoms with Gasteiger partial charge in [0.1, 0.15) is 0 Å². The summed E-state index contributed by atoms with van der Waals surface area (Å²) in [6, 6.07) is 9.88. The van der Waals surface area contributed by atoms with E-state index in [2.05, 4.69) is 19.2 Å². The minimum atomic E-state index is -0.829. The Bertz CT molecular complexity index is 501. The van der Waals surface area contributed by atoms with Gasteiger partial charge in [0, 0.05) is 13.2 Å². The van der Waals surface area contributed by atoms with Gasteiger partial charge < -0.3 is 14.8 Å². The van der Waals surface area contributed by atoms with Crippen LogP contribution in [0.2, 0.25) is 0 Å². The van der Waals surface area contributed by atoms with Gasteiger partial charge in [-0.2, -0.15) is 0 Å². The molecule has 0 fully saturated rings. The van der Waals surface area contributed by atoms with Crippen molar-refractivity contribution < 1.29 is 19.1 Å². The zero-order valence-electron chi connectivity index (χ0n) is 15.1. The van der Waals surface area contributed by atoms with Gasteiger partial charge in [-0.25, -0.2) is 4.79 Å². The average Bonchev–Trinajstić information content (AvgIpc) is 2.55. The van der Waals surface area contributed by atoms with Crippen molar-refractivity contribution in [3.05, 3.63) is 35.9 Å². The lowest BCUT2D eigenvalue weighted by Gasteiger charge is -2.17. The summed E-state index contributed by atoms with van der Waals surface area (Å²) in [5.41, 5.74) is 1.15. The van der Waals surface area contributed by atoms with Crippen molar-refractivity contribution in [3.63, 3.8) is 0 Å². The fourth-order valence-corrected chi connectivity index (χ4v) is 1.99. The summed E-state index contributed by atoms with van der Waals surface area (Å²) < 4.78 is 10.6. The zero-order chi connectivity index (χ0) is 17.9. The van der Waals surface area contributed by atoms with Crippen molar-refractivity contribution in [1.29, 1.82) is 0 Å². The summed E-state index contributed by atoms with van der Waals surface area (Å²) in [5.74, 6) is -0.291. The number of ether oxygens (including phenoxy) is 2. The van der Waals surface area contributed by atoms with E-state index in [0.29, 0.717) is 19.1 Å². The van der Waals surface area contributed by atoms with Crippen LogP contribution in [-0.4, -0.2) is 37.2 Å². The molecule has 0 aromatic heterocycles. The van der Waals surface area contributed by atoms with Gasteiger partial charge in [0.2, 0.25) is 0 Å². The van der Waals surface area contributed by atoms with E-state index >= 15 is 0 Å². The van der Waals surface area contributed by atoms with Crippen LogP contribution in [0.15, 0.2) is 30.3 Å². The number of esters is 1. The number of carbonyl (C=O) groups is 2. The predicted octanol–water partition coefficient (Wildman–Crippen LogP) is 2.73. The lowest BCUT2D eigenvalue weighted by atomic mass is 10.1. The van der Waals surface area contributed by atoms with Crippen molar-refractivity contribution in [2.24, 2.45) is 5.92 Å². The SMILES string of the molecule is CC(C)CCOC(C)C(=O)OC(C)C(=O)NCCc1ccccc1. The maximum atomic E-state index is 12.0. The van der Waals surface area contributed by atoms with Gasteiger partial charge in [-0.3, -0.25) is 4.79 Å². The van der Waals surface area contributed by atoms with Crippen molar-refractivity contribution in [2.45, 2.75) is 52.7 Å². The Kier molecular flexibility index (Phi) is 9.08. The zero-order valence-corrected chi connectivity index (χ0v) is 15.1. The van der Waals surface area contributed by atoms with E-state index in [-0.39, 0.29) is 5.91 Å². The van der Waals surface area contributed by atoms with Crippen LogP contribution in [0.25, 0.3) is 0 Å². The molecule has 0 spiro atoms. The molecule has 1 N–H and O–H groups in total. The van der Waals surface area contributed by atoms with Crippen LogP contribution in [0, 0.1) is 5.92 Å². The normalized spacial score (nSPS) is 13.4. The molecule has 1 aromatic rings. The number of nitrogens with one attached hydrogen (secondary N) is 1. The summed E-state index contributed by atoms with van der Waals surface area (Å²) in [6.07, 6.45) is 0.127. The van der Waals surface area contributed by atoms with E-state index in [0.717, 1.165) is 18.4 Å². The third-order valence-corrected chi connectivity index (χ3v) is 3.61. The van der Waals surface area contributed by atoms with Gasteiger partial charge in [0.15, 0.2) is 12.2 Å². The fourth-order valence-electron chi connectivity index (χ4n) is 1.99. The van der Waals surface area contributed by atoms with Gasteiger partial charge in [0.05, 0.1) is 0 Å². The number of hydrogen-bond acceptors (Lipinski definition) is 4. The quantitative estimate of drug-likeness (QED) is 0.668. The molecule has 1 amide bonds. The van der Waals surface area contributed by atoms with Gasteiger partial charge in [-0.1, -0.05) is 44.2 Å². The fraction of sp³-hybridized carbons (Fsp3) is 0.579. The molecular formula is C19H29NO4. The van der Waals surface area contributed by atoms with Crippen LogP contribution in [0.1, 0.15) is 39.7 Å². The minimum Gasteiger partial charge on any atom is -0.451 e. The Morgan fingerprint density at radius 1 is 1.04 bits per heavy atom. The largest absolute Gasteiger partial charge is 0.451 e. The van der Waals surface area contributed by atoms with Crippen LogP contribution in [0.4, 0.5) is 0 Å². The molecule has 0 aliphatic carbocycles. The summed E-state index contributed by atoms with van der Waals surface area (Å²) >= 11 is 0. The molecule has 5 heteroatoms. The van der Waals surface area contributed by atoms with Gasteiger partial charge in [0.25, 0.3) is 5.91 Å². The molecule has 2 unspecified atom stereocenters. The molecule has 0 radical (unpaired) electrons. The van der Waals surface area contributed by atoms with Gasteiger partial charge in [-0.15, -0.1) is 0 Å². The Labute approximate surface area is 144 Å². The topological polar surface area (TPSA) is 64.6 Å². The predicted molar refractivity (Wildman–Crippen MR) is 93.6 cm³/mol. The van der Waals surface area contributed by atoms with Crippen molar-refractivity contribution in [2.75, 3.05) is 13.2 Å². The molecule has 0 heterocycles. The molecule has 0 aliphatic heterocycles. The Hall–Kier alpha value is -1.88. The first kappa shape index (κ1) is 20.2. The molecule has 1 rings (SSSR count). The Morgan fingerprint density at radius 3 is 2.33 bits per heavy atom. The van der Waals surface area contributed by atoms with Crippen molar-refractivity contribution in [3.8, 4) is 0 Å². The maximum absolute atomic E-state index is 12.0. The second-order valence-corrected chi connectivity index (χ2v) is 6.30. The Morgan fingerprint density at radius 2 is 1.71 bits per heavy atom. The third kappa shape index (κ3) is 8.11. The lowest BCUT2D eigenvalue weighted by molar-refractivity contribution is -0.165. The van der Waals surface area contributed by atoms with Crippen LogP contribution in [0.5, 0.6) is 0 Å². The lowest BCUT2D eigenvalue weighted by Crippen LogP contribution is -2.39. The van der Waals surface area contributed by atoms with E-state index in [9.17, 15) is 9.59 Å². The van der Waals surface area contributed by atoms with E-state index in [1.54, 1.807) is 13.8 Å². The summed E-state index contributed by atoms with van der Waals surface area (Å²) in [4.78, 5) is 23.9. The second kappa shape index (κ2) is 10.8. The molecule has 5 nitrogen and oxygen atoms in total. The molecule has 134 valence electrons. The van der Waals surface area contributed by atoms with E-state index in [4.69, 9.17) is 9.47 Å². The second-order valence-electron chi connectivity index (χ2n) is 6.30. The highest BCUT2D eigenvalue weighted by atomic mass is 16.6. The number of benzene rings is 1. The molecule has 0 saturated carbocycles. The van der Waals surface area contributed by atoms with E-state index < -0.39 is 18.2 Å². The first-order valence-corrected chi connectivity index (χ1v) is 8.54. The smallest absolute Gasteiger partial charge is 0.335 e. The molecule has 0 aliphatic rings. The number of hydrogen-bond donors (Lipinski definition) is 1. The monoisotopic (exact) mass is 335 g/mol. The van der Waals surface area contributed by atoms with Crippen molar-refractivity contribution in [1.82, 2.24) is 5.32 Å². The summed E-state index contributed by atoms with van der Waals surface area (Å²) in [5, 5.41) is 2.78. The summed E-state index contributed by atoms with van der Waals surface area (Å²) in [6.45, 7) is 8.40. The maximum Gasteiger partial charge on any atom is 0.335 e. The van der Waals surface area contributed by atoms with Crippen LogP contribution >= 0.6 is 0 Å². The standard InChI is InChI=1S/C19H29NO4/c1-14(2)11-13-23-16(4)19(22)24-15(3)18(21)20-12-10-17-8-6-5-7-9-17/h5-9,14-16H,10-13H2,1-4H3,(H,20,21). The van der Waals surface area contributed by atoms with E-state index in [1.807, 2.05) is 30.3 Å². The average molecular weight is 335 g/mol. The minimum absolute atomic E-state index is 0.298. The molecule has 0 bridgehead atoms. The first-order valence-electron chi connectivity index (χ1n) is 8.54. The molecule has 24 heavy (non-hydrogen) atoms. The Balaban J connectivity index is 2.25. The highest BCUT2D eigenvalue weighted by Crippen LogP contribution is 2.04. The molecule has 1 aromatic carbocycles. The van der Waals surface area contributed by atoms with Crippen molar-refractivity contribution >= 4 is 11.9 Å². The molecular weight excluding hydrogens is 306 g/mol. The molecule has 2 atom stereocenters. The van der Waals surface area contributed by atoms with Crippen LogP contribution in [-0.2, 0) is 25.5 Å². The van der Waals surface area contributed by atoms with E-state index in [1.165, 1.54) is 0 Å². The van der Waals surface area contributed by atoms with Crippen LogP contribution in [0.3, 0.4) is 0 Å².